The standard InChI is InChI=1S/C12H25N3O/c1-10(13-2)12(16)15-7-5-11(6-8-15)9-14(3)4/h10-11,13H,5-9H2,1-4H3. The minimum Gasteiger partial charge on any atom is -0.341 e. The Balaban J connectivity index is 2.34. The number of amides is 1. The maximum absolute atomic E-state index is 11.9. The number of nitrogens with one attached hydrogen (secondary N) is 1. The van der Waals surface area contributed by atoms with Crippen molar-refractivity contribution in [3.8, 4) is 0 Å². The average molecular weight is 227 g/mol. The Morgan fingerprint density at radius 2 is 2.00 bits per heavy atom. The number of rotatable bonds is 4. The van der Waals surface area contributed by atoms with E-state index in [0.717, 1.165) is 38.4 Å². The second-order valence-corrected chi connectivity index (χ2v) is 5.04. The Labute approximate surface area is 99.0 Å². The van der Waals surface area contributed by atoms with Gasteiger partial charge in [0.2, 0.25) is 5.91 Å². The number of carbonyl (C=O) groups excluding carboxylic acids is 1. The van der Waals surface area contributed by atoms with Crippen molar-refractivity contribution in [2.75, 3.05) is 40.8 Å². The summed E-state index contributed by atoms with van der Waals surface area (Å²) in [7, 11) is 6.06. The summed E-state index contributed by atoms with van der Waals surface area (Å²) in [5.74, 6) is 0.995. The Bertz CT molecular complexity index is 222. The van der Waals surface area contributed by atoms with Crippen LogP contribution >= 0.6 is 0 Å². The predicted octanol–water partition coefficient (Wildman–Crippen LogP) is 0.395. The molecule has 16 heavy (non-hydrogen) atoms. The monoisotopic (exact) mass is 227 g/mol. The first kappa shape index (κ1) is 13.5. The largest absolute Gasteiger partial charge is 0.341 e. The summed E-state index contributed by atoms with van der Waals surface area (Å²) in [5.41, 5.74) is 0. The second kappa shape index (κ2) is 6.21. The molecule has 0 aromatic heterocycles. The Morgan fingerprint density at radius 3 is 2.44 bits per heavy atom. The number of piperidine rings is 1. The van der Waals surface area contributed by atoms with E-state index in [4.69, 9.17) is 0 Å². The van der Waals surface area contributed by atoms with Crippen molar-refractivity contribution in [1.82, 2.24) is 15.1 Å². The van der Waals surface area contributed by atoms with Crippen molar-refractivity contribution in [3.63, 3.8) is 0 Å². The summed E-state index contributed by atoms with van der Waals surface area (Å²) in [6.45, 7) is 4.91. The van der Waals surface area contributed by atoms with Crippen LogP contribution in [-0.4, -0.2) is 62.5 Å². The molecule has 0 spiro atoms. The molecule has 1 aliphatic heterocycles. The summed E-state index contributed by atoms with van der Waals surface area (Å²) in [4.78, 5) is 16.1. The molecule has 0 saturated carbocycles. The third-order valence-corrected chi connectivity index (χ3v) is 3.35. The first-order valence-electron chi connectivity index (χ1n) is 6.15. The van der Waals surface area contributed by atoms with Gasteiger partial charge >= 0.3 is 0 Å². The molecule has 4 heteroatoms. The topological polar surface area (TPSA) is 35.6 Å². The normalized spacial score (nSPS) is 20.2. The fourth-order valence-electron chi connectivity index (χ4n) is 2.25. The van der Waals surface area contributed by atoms with E-state index in [0.29, 0.717) is 0 Å². The molecule has 4 nitrogen and oxygen atoms in total. The van der Waals surface area contributed by atoms with E-state index in [-0.39, 0.29) is 11.9 Å². The number of nitrogens with zero attached hydrogens (tertiary/aromatic N) is 2. The molecule has 94 valence electrons. The number of hydrogen-bond donors (Lipinski definition) is 1. The zero-order valence-corrected chi connectivity index (χ0v) is 11.0. The molecule has 1 amide bonds. The van der Waals surface area contributed by atoms with Crippen LogP contribution in [0.5, 0.6) is 0 Å². The van der Waals surface area contributed by atoms with Crippen LogP contribution in [0.4, 0.5) is 0 Å². The number of carbonyl (C=O) groups is 1. The van der Waals surface area contributed by atoms with Gasteiger partial charge in [-0.05, 0) is 46.8 Å². The smallest absolute Gasteiger partial charge is 0.239 e. The van der Waals surface area contributed by atoms with Crippen molar-refractivity contribution in [2.24, 2.45) is 5.92 Å². The highest BCUT2D eigenvalue weighted by molar-refractivity contribution is 5.81. The van der Waals surface area contributed by atoms with Crippen molar-refractivity contribution in [3.05, 3.63) is 0 Å². The molecule has 1 heterocycles. The summed E-state index contributed by atoms with van der Waals surface area (Å²) in [6.07, 6.45) is 2.28. The van der Waals surface area contributed by atoms with Gasteiger partial charge in [-0.2, -0.15) is 0 Å². The quantitative estimate of drug-likeness (QED) is 0.755. The van der Waals surface area contributed by atoms with Gasteiger partial charge in [0, 0.05) is 19.6 Å². The van der Waals surface area contributed by atoms with Gasteiger partial charge in [0.25, 0.3) is 0 Å². The van der Waals surface area contributed by atoms with Gasteiger partial charge in [0.05, 0.1) is 6.04 Å². The van der Waals surface area contributed by atoms with Gasteiger partial charge in [-0.3, -0.25) is 4.79 Å². The van der Waals surface area contributed by atoms with E-state index in [1.807, 2.05) is 18.9 Å². The molecule has 0 aliphatic carbocycles. The molecular formula is C12H25N3O. The Kier molecular flexibility index (Phi) is 5.22. The number of likely N-dealkylation sites (N-methyl/N-ethyl adjacent to an activating group) is 1. The van der Waals surface area contributed by atoms with Crippen LogP contribution in [0.2, 0.25) is 0 Å². The summed E-state index contributed by atoms with van der Waals surface area (Å²) in [5, 5.41) is 3.01. The predicted molar refractivity (Wildman–Crippen MR) is 66.4 cm³/mol. The molecule has 0 bridgehead atoms. The lowest BCUT2D eigenvalue weighted by atomic mass is 9.96. The van der Waals surface area contributed by atoms with Gasteiger partial charge in [0.15, 0.2) is 0 Å². The van der Waals surface area contributed by atoms with Gasteiger partial charge in [0.1, 0.15) is 0 Å². The molecule has 1 aliphatic rings. The van der Waals surface area contributed by atoms with Crippen LogP contribution in [-0.2, 0) is 4.79 Å². The molecule has 0 aromatic carbocycles. The van der Waals surface area contributed by atoms with Crippen molar-refractivity contribution in [1.29, 1.82) is 0 Å². The third-order valence-electron chi connectivity index (χ3n) is 3.35. The third kappa shape index (κ3) is 3.76. The highest BCUT2D eigenvalue weighted by atomic mass is 16.2. The summed E-state index contributed by atoms with van der Waals surface area (Å²) >= 11 is 0. The Hall–Kier alpha value is -0.610. The van der Waals surface area contributed by atoms with Gasteiger partial charge in [-0.25, -0.2) is 0 Å². The minimum atomic E-state index is -0.0506. The van der Waals surface area contributed by atoms with E-state index in [1.54, 1.807) is 0 Å². The van der Waals surface area contributed by atoms with Gasteiger partial charge in [-0.15, -0.1) is 0 Å². The van der Waals surface area contributed by atoms with Crippen LogP contribution in [0.25, 0.3) is 0 Å². The van der Waals surface area contributed by atoms with Crippen molar-refractivity contribution < 1.29 is 4.79 Å². The molecule has 0 aromatic rings. The van der Waals surface area contributed by atoms with Crippen molar-refractivity contribution in [2.45, 2.75) is 25.8 Å². The molecular weight excluding hydrogens is 202 g/mol. The summed E-state index contributed by atoms with van der Waals surface area (Å²) < 4.78 is 0. The second-order valence-electron chi connectivity index (χ2n) is 5.04. The first-order chi connectivity index (χ1) is 7.54. The first-order valence-corrected chi connectivity index (χ1v) is 6.15. The average Bonchev–Trinajstić information content (AvgIpc) is 2.27. The maximum atomic E-state index is 11.9. The molecule has 1 rings (SSSR count). The zero-order chi connectivity index (χ0) is 12.1. The van der Waals surface area contributed by atoms with Crippen LogP contribution < -0.4 is 5.32 Å². The zero-order valence-electron chi connectivity index (χ0n) is 11.0. The highest BCUT2D eigenvalue weighted by Crippen LogP contribution is 2.18. The van der Waals surface area contributed by atoms with E-state index in [9.17, 15) is 4.79 Å². The van der Waals surface area contributed by atoms with Crippen LogP contribution in [0.15, 0.2) is 0 Å². The SMILES string of the molecule is CNC(C)C(=O)N1CCC(CN(C)C)CC1. The van der Waals surface area contributed by atoms with E-state index >= 15 is 0 Å². The lowest BCUT2D eigenvalue weighted by Crippen LogP contribution is -2.47. The van der Waals surface area contributed by atoms with Gasteiger partial charge < -0.3 is 15.1 Å². The fourth-order valence-corrected chi connectivity index (χ4v) is 2.25. The highest BCUT2D eigenvalue weighted by Gasteiger charge is 2.25. The molecule has 1 N–H and O–H groups in total. The lowest BCUT2D eigenvalue weighted by Gasteiger charge is -2.34. The molecule has 0 radical (unpaired) electrons. The van der Waals surface area contributed by atoms with Crippen LogP contribution in [0.1, 0.15) is 19.8 Å². The number of hydrogen-bond acceptors (Lipinski definition) is 3. The maximum Gasteiger partial charge on any atom is 0.239 e. The molecule has 1 saturated heterocycles. The molecule has 1 atom stereocenters. The summed E-state index contributed by atoms with van der Waals surface area (Å²) in [6, 6.07) is -0.0506. The van der Waals surface area contributed by atoms with Gasteiger partial charge in [-0.1, -0.05) is 0 Å². The lowest BCUT2D eigenvalue weighted by molar-refractivity contribution is -0.134. The van der Waals surface area contributed by atoms with E-state index < -0.39 is 0 Å². The Morgan fingerprint density at radius 1 is 1.44 bits per heavy atom. The van der Waals surface area contributed by atoms with E-state index in [1.165, 1.54) is 0 Å². The minimum absolute atomic E-state index is 0.0506. The van der Waals surface area contributed by atoms with Crippen molar-refractivity contribution >= 4 is 5.91 Å². The number of likely N-dealkylation sites (tertiary alicyclic amines) is 1. The van der Waals surface area contributed by atoms with Crippen LogP contribution in [0.3, 0.4) is 0 Å². The van der Waals surface area contributed by atoms with Crippen LogP contribution in [0, 0.1) is 5.92 Å². The van der Waals surface area contributed by atoms with E-state index in [2.05, 4.69) is 24.3 Å². The fraction of sp³-hybridized carbons (Fsp3) is 0.917. The molecule has 1 fully saturated rings. The molecule has 1 unspecified atom stereocenters.